The molecule has 0 radical (unpaired) electrons. The van der Waals surface area contributed by atoms with E-state index in [1.54, 1.807) is 12.4 Å². The highest BCUT2D eigenvalue weighted by Crippen LogP contribution is 2.27. The van der Waals surface area contributed by atoms with E-state index < -0.39 is 0 Å². The third-order valence-corrected chi connectivity index (χ3v) is 3.10. The predicted octanol–water partition coefficient (Wildman–Crippen LogP) is 2.14. The minimum atomic E-state index is 0.0164. The summed E-state index contributed by atoms with van der Waals surface area (Å²) in [5.74, 6) is 0. The van der Waals surface area contributed by atoms with Gasteiger partial charge in [-0.05, 0) is 18.2 Å². The maximum Gasteiger partial charge on any atom is 0.189 e. The molecule has 0 saturated carbocycles. The first-order valence-electron chi connectivity index (χ1n) is 5.75. The molecule has 0 aliphatic rings. The quantitative estimate of drug-likeness (QED) is 0.662. The van der Waals surface area contributed by atoms with Crippen molar-refractivity contribution in [3.63, 3.8) is 0 Å². The molecule has 2 aromatic heterocycles. The molecule has 0 saturated heterocycles. The van der Waals surface area contributed by atoms with Crippen LogP contribution in [0, 0.1) is 0 Å². The van der Waals surface area contributed by atoms with Crippen LogP contribution in [-0.2, 0) is 0 Å². The van der Waals surface area contributed by atoms with E-state index in [0.717, 1.165) is 22.1 Å². The predicted molar refractivity (Wildman–Crippen MR) is 74.2 cm³/mol. The molecule has 18 heavy (non-hydrogen) atoms. The van der Waals surface area contributed by atoms with Crippen molar-refractivity contribution in [2.45, 2.75) is 0 Å². The van der Waals surface area contributed by atoms with Crippen LogP contribution in [0.15, 0.2) is 41.5 Å². The van der Waals surface area contributed by atoms with Crippen LogP contribution in [0.4, 0.5) is 5.69 Å². The van der Waals surface area contributed by atoms with Gasteiger partial charge in [0.1, 0.15) is 0 Å². The molecule has 0 fully saturated rings. The Kier molecular flexibility index (Phi) is 2.30. The van der Waals surface area contributed by atoms with Gasteiger partial charge in [-0.15, -0.1) is 0 Å². The number of rotatable bonds is 1. The van der Waals surface area contributed by atoms with Crippen molar-refractivity contribution in [3.05, 3.63) is 46.9 Å². The number of hydrogen-bond donors (Lipinski definition) is 1. The lowest BCUT2D eigenvalue weighted by Crippen LogP contribution is -2.09. The lowest BCUT2D eigenvalue weighted by Gasteiger charge is -2.15. The summed E-state index contributed by atoms with van der Waals surface area (Å²) in [6, 6.07) is 7.31. The highest BCUT2D eigenvalue weighted by molar-refractivity contribution is 6.07. The monoisotopic (exact) mass is 239 g/mol. The Bertz CT molecular complexity index is 790. The highest BCUT2D eigenvalue weighted by atomic mass is 16.1. The number of nitrogens with one attached hydrogen (secondary N) is 1. The number of hydrogen-bond acceptors (Lipinski definition) is 3. The van der Waals surface area contributed by atoms with Crippen molar-refractivity contribution in [3.8, 4) is 0 Å². The van der Waals surface area contributed by atoms with Gasteiger partial charge in [0.2, 0.25) is 0 Å². The van der Waals surface area contributed by atoms with Crippen LogP contribution in [0.1, 0.15) is 0 Å². The Balaban J connectivity index is 2.53. The minimum absolute atomic E-state index is 0.0164. The van der Waals surface area contributed by atoms with Crippen LogP contribution in [0.3, 0.4) is 0 Å². The van der Waals surface area contributed by atoms with E-state index in [9.17, 15) is 4.79 Å². The second-order valence-corrected chi connectivity index (χ2v) is 4.45. The number of H-pyrrole nitrogens is 1. The standard InChI is InChI=1S/C14H13N3O/c1-17(2)11-5-7-15-13-9(11)3-4-10-12(18)6-8-16-14(10)13/h3-8H,1-2H3,(H,16,18). The number of benzene rings is 1. The van der Waals surface area contributed by atoms with Gasteiger partial charge in [-0.2, -0.15) is 0 Å². The van der Waals surface area contributed by atoms with Gasteiger partial charge in [0, 0.05) is 49.0 Å². The molecule has 0 atom stereocenters. The number of nitrogens with zero attached hydrogens (tertiary/aromatic N) is 2. The molecule has 0 bridgehead atoms. The fourth-order valence-corrected chi connectivity index (χ4v) is 2.24. The maximum atomic E-state index is 11.8. The fourth-order valence-electron chi connectivity index (χ4n) is 2.24. The van der Waals surface area contributed by atoms with Crippen molar-refractivity contribution in [2.75, 3.05) is 19.0 Å². The lowest BCUT2D eigenvalue weighted by atomic mass is 10.1. The molecule has 1 aromatic carbocycles. The average molecular weight is 239 g/mol. The zero-order valence-electron chi connectivity index (χ0n) is 10.3. The van der Waals surface area contributed by atoms with Gasteiger partial charge in [-0.1, -0.05) is 0 Å². The third kappa shape index (κ3) is 1.46. The lowest BCUT2D eigenvalue weighted by molar-refractivity contribution is 1.14. The normalized spacial score (nSPS) is 11.0. The molecule has 0 amide bonds. The van der Waals surface area contributed by atoms with Gasteiger partial charge >= 0.3 is 0 Å². The summed E-state index contributed by atoms with van der Waals surface area (Å²) in [5, 5.41) is 1.71. The number of fused-ring (bicyclic) bond motifs is 3. The van der Waals surface area contributed by atoms with E-state index in [0.29, 0.717) is 5.39 Å². The summed E-state index contributed by atoms with van der Waals surface area (Å²) in [7, 11) is 3.99. The van der Waals surface area contributed by atoms with E-state index in [1.807, 2.05) is 37.2 Å². The first-order valence-corrected chi connectivity index (χ1v) is 5.75. The molecule has 1 N–H and O–H groups in total. The third-order valence-electron chi connectivity index (χ3n) is 3.10. The Hall–Kier alpha value is -2.36. The fraction of sp³-hybridized carbons (Fsp3) is 0.143. The molecule has 4 heteroatoms. The smallest absolute Gasteiger partial charge is 0.189 e. The van der Waals surface area contributed by atoms with Crippen molar-refractivity contribution in [1.82, 2.24) is 9.97 Å². The summed E-state index contributed by atoms with van der Waals surface area (Å²) in [6.45, 7) is 0. The summed E-state index contributed by atoms with van der Waals surface area (Å²) in [6.07, 6.45) is 3.43. The zero-order valence-corrected chi connectivity index (χ0v) is 10.3. The van der Waals surface area contributed by atoms with Gasteiger partial charge in [0.15, 0.2) is 5.43 Å². The van der Waals surface area contributed by atoms with E-state index in [4.69, 9.17) is 0 Å². The SMILES string of the molecule is CN(C)c1ccnc2c1ccc1c(=O)cc[nH]c12. The molecule has 3 rings (SSSR count). The van der Waals surface area contributed by atoms with Gasteiger partial charge in [-0.3, -0.25) is 9.78 Å². The van der Waals surface area contributed by atoms with Crippen molar-refractivity contribution in [2.24, 2.45) is 0 Å². The van der Waals surface area contributed by atoms with Crippen LogP contribution in [-0.4, -0.2) is 24.1 Å². The molecule has 0 aliphatic carbocycles. The second-order valence-electron chi connectivity index (χ2n) is 4.45. The number of anilines is 1. The molecule has 3 aromatic rings. The van der Waals surface area contributed by atoms with E-state index in [-0.39, 0.29) is 5.43 Å². The second kappa shape index (κ2) is 3.84. The zero-order chi connectivity index (χ0) is 12.7. The Labute approximate surface area is 104 Å². The average Bonchev–Trinajstić information content (AvgIpc) is 2.38. The van der Waals surface area contributed by atoms with Crippen LogP contribution in [0.5, 0.6) is 0 Å². The Morgan fingerprint density at radius 2 is 1.89 bits per heavy atom. The first kappa shape index (κ1) is 10.8. The summed E-state index contributed by atoms with van der Waals surface area (Å²) in [5.41, 5.74) is 2.73. The van der Waals surface area contributed by atoms with E-state index in [2.05, 4.69) is 9.97 Å². The number of pyridine rings is 2. The highest BCUT2D eigenvalue weighted by Gasteiger charge is 2.08. The molecule has 2 heterocycles. The molecule has 0 unspecified atom stereocenters. The Morgan fingerprint density at radius 1 is 1.11 bits per heavy atom. The summed E-state index contributed by atoms with van der Waals surface area (Å²) in [4.78, 5) is 21.3. The van der Waals surface area contributed by atoms with Crippen molar-refractivity contribution in [1.29, 1.82) is 0 Å². The largest absolute Gasteiger partial charge is 0.377 e. The maximum absolute atomic E-state index is 11.8. The molecular formula is C14H13N3O. The molecule has 0 aliphatic heterocycles. The number of aromatic nitrogens is 2. The molecular weight excluding hydrogens is 226 g/mol. The van der Waals surface area contributed by atoms with Gasteiger partial charge in [-0.25, -0.2) is 0 Å². The van der Waals surface area contributed by atoms with Crippen LogP contribution >= 0.6 is 0 Å². The molecule has 0 spiro atoms. The molecule has 4 nitrogen and oxygen atoms in total. The van der Waals surface area contributed by atoms with Crippen LogP contribution in [0.25, 0.3) is 21.8 Å². The number of aromatic amines is 1. The topological polar surface area (TPSA) is 49.0 Å². The minimum Gasteiger partial charge on any atom is -0.377 e. The first-order chi connectivity index (χ1) is 8.68. The summed E-state index contributed by atoms with van der Waals surface area (Å²) >= 11 is 0. The van der Waals surface area contributed by atoms with Crippen molar-refractivity contribution < 1.29 is 0 Å². The Morgan fingerprint density at radius 3 is 2.67 bits per heavy atom. The van der Waals surface area contributed by atoms with Gasteiger partial charge in [0.05, 0.1) is 11.0 Å². The molecule has 90 valence electrons. The van der Waals surface area contributed by atoms with E-state index >= 15 is 0 Å². The van der Waals surface area contributed by atoms with E-state index in [1.165, 1.54) is 6.07 Å². The van der Waals surface area contributed by atoms with Crippen LogP contribution < -0.4 is 10.3 Å². The van der Waals surface area contributed by atoms with Crippen LogP contribution in [0.2, 0.25) is 0 Å². The van der Waals surface area contributed by atoms with Gasteiger partial charge < -0.3 is 9.88 Å². The van der Waals surface area contributed by atoms with Crippen molar-refractivity contribution >= 4 is 27.5 Å². The summed E-state index contributed by atoms with van der Waals surface area (Å²) < 4.78 is 0. The van der Waals surface area contributed by atoms with Gasteiger partial charge in [0.25, 0.3) is 0 Å².